The molecule has 2 aromatic rings. The molecule has 29 heavy (non-hydrogen) atoms. The van der Waals surface area contributed by atoms with Crippen molar-refractivity contribution in [1.82, 2.24) is 0 Å². The lowest BCUT2D eigenvalue weighted by atomic mass is 10.0. The summed E-state index contributed by atoms with van der Waals surface area (Å²) >= 11 is 0. The van der Waals surface area contributed by atoms with Crippen molar-refractivity contribution in [3.8, 4) is 23.0 Å². The largest absolute Gasteiger partial charge is 0.507 e. The molecule has 152 valence electrons. The molecule has 0 saturated heterocycles. The first-order valence-corrected chi connectivity index (χ1v) is 9.00. The quantitative estimate of drug-likeness (QED) is 0.0994. The predicted octanol–water partition coefficient (Wildman–Crippen LogP) is 5.03. The first kappa shape index (κ1) is 21.6. The molecule has 4 N–H and O–H groups in total. The van der Waals surface area contributed by atoms with Crippen molar-refractivity contribution in [3.05, 3.63) is 66.3 Å². The molecule has 2 aromatic carbocycles. The number of esters is 1. The fraction of sp³-hybridized carbons (Fsp3) is 0.174. The van der Waals surface area contributed by atoms with Crippen LogP contribution >= 0.6 is 0 Å². The highest BCUT2D eigenvalue weighted by molar-refractivity contribution is 6.04. The van der Waals surface area contributed by atoms with Crippen LogP contribution in [0, 0.1) is 0 Å². The van der Waals surface area contributed by atoms with E-state index >= 15 is 0 Å². The van der Waals surface area contributed by atoms with Gasteiger partial charge in [-0.25, -0.2) is 4.79 Å². The third-order valence-corrected chi connectivity index (χ3v) is 4.03. The van der Waals surface area contributed by atoms with Crippen LogP contribution in [0.5, 0.6) is 23.0 Å². The van der Waals surface area contributed by atoms with Gasteiger partial charge in [-0.3, -0.25) is 0 Å². The third-order valence-electron chi connectivity index (χ3n) is 4.03. The van der Waals surface area contributed by atoms with Crippen molar-refractivity contribution in [2.45, 2.75) is 26.7 Å². The van der Waals surface area contributed by atoms with Gasteiger partial charge in [-0.2, -0.15) is 0 Å². The van der Waals surface area contributed by atoms with Crippen LogP contribution in [0.3, 0.4) is 0 Å². The molecule has 2 rings (SSSR count). The zero-order valence-electron chi connectivity index (χ0n) is 16.3. The molecule has 0 aliphatic heterocycles. The lowest BCUT2D eigenvalue weighted by Crippen LogP contribution is -2.01. The lowest BCUT2D eigenvalue weighted by Gasteiger charge is -2.14. The lowest BCUT2D eigenvalue weighted by molar-refractivity contribution is -0.131. The molecule has 0 saturated carbocycles. The first-order valence-electron chi connectivity index (χ1n) is 9.00. The highest BCUT2D eigenvalue weighted by atomic mass is 16.5. The number of unbranched alkanes of at least 4 members (excludes halogenated alkanes) is 1. The molecule has 0 spiro atoms. The van der Waals surface area contributed by atoms with Gasteiger partial charge in [0.2, 0.25) is 0 Å². The monoisotopic (exact) mass is 396 g/mol. The molecular weight excluding hydrogens is 372 g/mol. The zero-order valence-corrected chi connectivity index (χ0v) is 16.3. The average Bonchev–Trinajstić information content (AvgIpc) is 2.67. The van der Waals surface area contributed by atoms with E-state index in [4.69, 9.17) is 4.74 Å². The maximum atomic E-state index is 12.2. The summed E-state index contributed by atoms with van der Waals surface area (Å²) in [6.07, 6.45) is 9.13. The average molecular weight is 396 g/mol. The van der Waals surface area contributed by atoms with E-state index in [1.165, 1.54) is 24.3 Å². The van der Waals surface area contributed by atoms with Gasteiger partial charge >= 0.3 is 5.97 Å². The molecule has 6 nitrogen and oxygen atoms in total. The van der Waals surface area contributed by atoms with Gasteiger partial charge in [0.05, 0.1) is 16.3 Å². The van der Waals surface area contributed by atoms with Gasteiger partial charge in [0, 0.05) is 6.08 Å². The van der Waals surface area contributed by atoms with Crippen molar-refractivity contribution in [3.63, 3.8) is 0 Å². The Bertz CT molecular complexity index is 1020. The molecule has 0 atom stereocenters. The Balaban J connectivity index is 2.57. The first-order chi connectivity index (χ1) is 13.8. The van der Waals surface area contributed by atoms with Crippen LogP contribution in [-0.4, -0.2) is 26.4 Å². The fourth-order valence-corrected chi connectivity index (χ4v) is 2.64. The number of rotatable bonds is 7. The van der Waals surface area contributed by atoms with Crippen molar-refractivity contribution in [1.29, 1.82) is 0 Å². The van der Waals surface area contributed by atoms with E-state index in [0.717, 1.165) is 11.6 Å². The minimum Gasteiger partial charge on any atom is -0.507 e. The number of ether oxygens (including phenoxy) is 1. The number of fused-ring (bicyclic) bond motifs is 1. The molecule has 0 heterocycles. The number of hydrogen-bond donors (Lipinski definition) is 4. The molecule has 0 aliphatic rings. The van der Waals surface area contributed by atoms with E-state index in [1.807, 2.05) is 13.8 Å². The number of carbonyl (C=O) groups is 1. The topological polar surface area (TPSA) is 107 Å². The third kappa shape index (κ3) is 5.19. The van der Waals surface area contributed by atoms with Crippen LogP contribution in [0.1, 0.15) is 32.3 Å². The number of aromatic hydroxyl groups is 4. The maximum Gasteiger partial charge on any atom is 0.335 e. The van der Waals surface area contributed by atoms with E-state index in [2.05, 4.69) is 6.58 Å². The van der Waals surface area contributed by atoms with Crippen LogP contribution in [0.25, 0.3) is 16.5 Å². The van der Waals surface area contributed by atoms with Gasteiger partial charge in [-0.15, -0.1) is 6.58 Å². The van der Waals surface area contributed by atoms with Crippen LogP contribution in [0.15, 0.2) is 60.7 Å². The Morgan fingerprint density at radius 1 is 1.00 bits per heavy atom. The summed E-state index contributed by atoms with van der Waals surface area (Å²) in [7, 11) is 0. The zero-order chi connectivity index (χ0) is 21.6. The van der Waals surface area contributed by atoms with E-state index in [0.29, 0.717) is 12.8 Å². The molecule has 0 aliphatic carbocycles. The smallest absolute Gasteiger partial charge is 0.335 e. The van der Waals surface area contributed by atoms with Gasteiger partial charge in [0.1, 0.15) is 28.8 Å². The maximum absolute atomic E-state index is 12.2. The van der Waals surface area contributed by atoms with Crippen LogP contribution in [0.4, 0.5) is 0 Å². The molecule has 0 bridgehead atoms. The van der Waals surface area contributed by atoms with Gasteiger partial charge in [0.15, 0.2) is 0 Å². The number of hydrogen-bond acceptors (Lipinski definition) is 6. The summed E-state index contributed by atoms with van der Waals surface area (Å²) in [4.78, 5) is 12.2. The summed E-state index contributed by atoms with van der Waals surface area (Å²) in [6.45, 7) is 7.29. The van der Waals surface area contributed by atoms with Crippen molar-refractivity contribution < 1.29 is 30.0 Å². The second-order valence-electron chi connectivity index (χ2n) is 6.61. The molecular formula is C23H24O6. The Morgan fingerprint density at radius 3 is 2.28 bits per heavy atom. The predicted molar refractivity (Wildman–Crippen MR) is 113 cm³/mol. The summed E-state index contributed by atoms with van der Waals surface area (Å²) in [5.74, 6) is -2.17. The van der Waals surface area contributed by atoms with E-state index < -0.39 is 11.7 Å². The van der Waals surface area contributed by atoms with Gasteiger partial charge in [-0.05, 0) is 51.0 Å². The number of phenols is 4. The summed E-state index contributed by atoms with van der Waals surface area (Å²) in [5.41, 5.74) is 0.895. The Morgan fingerprint density at radius 2 is 1.66 bits per heavy atom. The van der Waals surface area contributed by atoms with Crippen molar-refractivity contribution in [2.75, 3.05) is 0 Å². The van der Waals surface area contributed by atoms with Crippen molar-refractivity contribution in [2.24, 2.45) is 0 Å². The van der Waals surface area contributed by atoms with Gasteiger partial charge in [-0.1, -0.05) is 23.8 Å². The Kier molecular flexibility index (Phi) is 7.09. The minimum absolute atomic E-state index is 0.0127. The number of allylic oxidation sites excluding steroid dienone is 5. The molecule has 0 fully saturated rings. The number of phenolic OH excluding ortho intramolecular Hbond substituents is 4. The molecule has 0 amide bonds. The summed E-state index contributed by atoms with van der Waals surface area (Å²) in [6, 6.07) is 3.55. The van der Waals surface area contributed by atoms with E-state index in [9.17, 15) is 25.2 Å². The SMILES string of the molecule is C=CCC/C=C/C(=O)O/C(=C\C=C(C)C)c1cc(O)c2c(O)ccc(O)c2c1O. The Hall–Kier alpha value is -3.67. The summed E-state index contributed by atoms with van der Waals surface area (Å²) in [5, 5.41) is 40.9. The van der Waals surface area contributed by atoms with Crippen molar-refractivity contribution >= 4 is 22.5 Å². The highest BCUT2D eigenvalue weighted by Gasteiger charge is 2.21. The number of carbonyl (C=O) groups excluding carboxylic acids is 1. The minimum atomic E-state index is -0.665. The fourth-order valence-electron chi connectivity index (χ4n) is 2.64. The van der Waals surface area contributed by atoms with Crippen LogP contribution < -0.4 is 0 Å². The normalized spacial score (nSPS) is 11.6. The second kappa shape index (κ2) is 9.50. The van der Waals surface area contributed by atoms with Gasteiger partial charge < -0.3 is 25.2 Å². The standard InChI is InChI=1S/C23H24O6/c1-4-5-6-7-8-20(27)29-19(12-9-14(2)3)15-13-18(26)21-16(24)10-11-17(25)22(21)23(15)28/h4,7-13,24-26,28H,1,5-6H2,2-3H3/b8-7+,19-12-. The summed E-state index contributed by atoms with van der Waals surface area (Å²) < 4.78 is 5.37. The Labute approximate surface area is 169 Å². The molecule has 6 heteroatoms. The van der Waals surface area contributed by atoms with E-state index in [-0.39, 0.29) is 39.3 Å². The molecule has 0 aromatic heterocycles. The second-order valence-corrected chi connectivity index (χ2v) is 6.61. The molecule has 0 radical (unpaired) electrons. The van der Waals surface area contributed by atoms with Crippen LogP contribution in [0.2, 0.25) is 0 Å². The molecule has 0 unspecified atom stereocenters. The number of benzene rings is 2. The van der Waals surface area contributed by atoms with Gasteiger partial charge in [0.25, 0.3) is 0 Å². The van der Waals surface area contributed by atoms with E-state index in [1.54, 1.807) is 18.2 Å². The van der Waals surface area contributed by atoms with Crippen LogP contribution in [-0.2, 0) is 9.53 Å². The highest BCUT2D eigenvalue weighted by Crippen LogP contribution is 2.46.